The Labute approximate surface area is 101 Å². The van der Waals surface area contributed by atoms with E-state index in [9.17, 15) is 9.18 Å². The van der Waals surface area contributed by atoms with Gasteiger partial charge in [0.05, 0.1) is 6.10 Å². The molecule has 3 heteroatoms. The van der Waals surface area contributed by atoms with Gasteiger partial charge in [0.1, 0.15) is 5.82 Å². The summed E-state index contributed by atoms with van der Waals surface area (Å²) in [5.41, 5.74) is 0.470. The molecule has 1 unspecified atom stereocenters. The molecule has 0 N–H and O–H groups in total. The van der Waals surface area contributed by atoms with Crippen molar-refractivity contribution >= 4 is 5.78 Å². The van der Waals surface area contributed by atoms with Gasteiger partial charge in [-0.3, -0.25) is 4.79 Å². The van der Waals surface area contributed by atoms with Gasteiger partial charge in [-0.15, -0.1) is 0 Å². The van der Waals surface area contributed by atoms with Gasteiger partial charge < -0.3 is 4.74 Å². The largest absolute Gasteiger partial charge is 0.378 e. The van der Waals surface area contributed by atoms with Crippen LogP contribution in [-0.2, 0) is 4.74 Å². The van der Waals surface area contributed by atoms with Crippen LogP contribution in [0.2, 0.25) is 0 Å². The molecule has 0 bridgehead atoms. The van der Waals surface area contributed by atoms with Gasteiger partial charge in [-0.05, 0) is 37.8 Å². The smallest absolute Gasteiger partial charge is 0.162 e. The molecule has 0 spiro atoms. The monoisotopic (exact) mass is 236 g/mol. The lowest BCUT2D eigenvalue weighted by Crippen LogP contribution is -2.06. The van der Waals surface area contributed by atoms with Crippen molar-refractivity contribution < 1.29 is 13.9 Å². The fourth-order valence-electron chi connectivity index (χ4n) is 2.17. The van der Waals surface area contributed by atoms with Crippen LogP contribution < -0.4 is 0 Å². The van der Waals surface area contributed by atoms with Crippen LogP contribution in [0.4, 0.5) is 4.39 Å². The molecule has 0 amide bonds. The molecular weight excluding hydrogens is 219 g/mol. The quantitative estimate of drug-likeness (QED) is 0.733. The minimum absolute atomic E-state index is 0.0162. The predicted octanol–water partition coefficient (Wildman–Crippen LogP) is 3.36. The number of hydrogen-bond acceptors (Lipinski definition) is 2. The number of carbonyl (C=O) groups excluding carboxylic acids is 1. The first-order valence-electron chi connectivity index (χ1n) is 6.16. The van der Waals surface area contributed by atoms with E-state index < -0.39 is 0 Å². The average molecular weight is 236 g/mol. The molecule has 1 aliphatic rings. The van der Waals surface area contributed by atoms with E-state index in [-0.39, 0.29) is 11.6 Å². The van der Waals surface area contributed by atoms with Crippen molar-refractivity contribution in [2.24, 2.45) is 0 Å². The normalized spacial score (nSPS) is 19.5. The summed E-state index contributed by atoms with van der Waals surface area (Å²) in [7, 11) is 0. The number of halogens is 1. The third-order valence-electron chi connectivity index (χ3n) is 3.10. The Balaban J connectivity index is 1.77. The van der Waals surface area contributed by atoms with Crippen LogP contribution in [0.25, 0.3) is 0 Å². The second-order valence-corrected chi connectivity index (χ2v) is 4.46. The van der Waals surface area contributed by atoms with Crippen LogP contribution in [0.5, 0.6) is 0 Å². The maximum absolute atomic E-state index is 12.9. The summed E-state index contributed by atoms with van der Waals surface area (Å²) in [5, 5.41) is 0. The molecule has 1 atom stereocenters. The first-order valence-corrected chi connectivity index (χ1v) is 6.16. The van der Waals surface area contributed by atoms with E-state index in [1.807, 2.05) is 0 Å². The topological polar surface area (TPSA) is 26.3 Å². The highest BCUT2D eigenvalue weighted by molar-refractivity contribution is 5.95. The number of benzene rings is 1. The highest BCUT2D eigenvalue weighted by Crippen LogP contribution is 2.18. The molecule has 1 fully saturated rings. The summed E-state index contributed by atoms with van der Waals surface area (Å²) in [6.07, 6.45) is 4.79. The molecule has 1 saturated heterocycles. The fourth-order valence-corrected chi connectivity index (χ4v) is 2.17. The summed E-state index contributed by atoms with van der Waals surface area (Å²) in [6, 6.07) is 5.89. The van der Waals surface area contributed by atoms with Gasteiger partial charge in [-0.2, -0.15) is 0 Å². The molecule has 0 saturated carbocycles. The van der Waals surface area contributed by atoms with Gasteiger partial charge in [0.2, 0.25) is 0 Å². The van der Waals surface area contributed by atoms with Gasteiger partial charge in [0.15, 0.2) is 5.78 Å². The van der Waals surface area contributed by atoms with E-state index in [1.165, 1.54) is 12.1 Å². The van der Waals surface area contributed by atoms with Crippen LogP contribution in [0.1, 0.15) is 42.5 Å². The van der Waals surface area contributed by atoms with E-state index in [4.69, 9.17) is 4.74 Å². The number of Topliss-reactive ketones (excluding diaryl/α,β-unsaturated/α-hetero) is 1. The van der Waals surface area contributed by atoms with Crippen molar-refractivity contribution in [1.29, 1.82) is 0 Å². The van der Waals surface area contributed by atoms with E-state index >= 15 is 0 Å². The van der Waals surface area contributed by atoms with Crippen LogP contribution in [0.3, 0.4) is 0 Å². The zero-order chi connectivity index (χ0) is 12.1. The van der Waals surface area contributed by atoms with E-state index in [0.717, 1.165) is 32.3 Å². The van der Waals surface area contributed by atoms with Crippen molar-refractivity contribution in [3.63, 3.8) is 0 Å². The highest BCUT2D eigenvalue weighted by atomic mass is 19.1. The lowest BCUT2D eigenvalue weighted by atomic mass is 10.0. The Kier molecular flexibility index (Phi) is 4.26. The van der Waals surface area contributed by atoms with E-state index in [1.54, 1.807) is 12.1 Å². The first kappa shape index (κ1) is 12.2. The lowest BCUT2D eigenvalue weighted by Gasteiger charge is -2.08. The molecule has 2 nitrogen and oxygen atoms in total. The molecule has 0 aromatic heterocycles. The predicted molar refractivity (Wildman–Crippen MR) is 63.6 cm³/mol. The van der Waals surface area contributed by atoms with Crippen LogP contribution >= 0.6 is 0 Å². The molecule has 1 heterocycles. The maximum atomic E-state index is 12.9. The van der Waals surface area contributed by atoms with Crippen LogP contribution in [0, 0.1) is 5.82 Å². The summed E-state index contributed by atoms with van der Waals surface area (Å²) >= 11 is 0. The molecule has 0 aliphatic carbocycles. The molecular formula is C14H17FO2. The van der Waals surface area contributed by atoms with Crippen molar-refractivity contribution in [2.45, 2.75) is 38.2 Å². The Morgan fingerprint density at radius 1 is 1.47 bits per heavy atom. The molecule has 17 heavy (non-hydrogen) atoms. The Morgan fingerprint density at radius 2 is 2.35 bits per heavy atom. The number of rotatable bonds is 5. The Hall–Kier alpha value is -1.22. The number of ketones is 1. The van der Waals surface area contributed by atoms with Gasteiger partial charge in [-0.25, -0.2) is 4.39 Å². The number of hydrogen-bond donors (Lipinski definition) is 0. The summed E-state index contributed by atoms with van der Waals surface area (Å²) in [5.74, 6) is -0.336. The van der Waals surface area contributed by atoms with E-state index in [0.29, 0.717) is 18.1 Å². The maximum Gasteiger partial charge on any atom is 0.162 e. The molecule has 0 radical (unpaired) electrons. The van der Waals surface area contributed by atoms with Crippen molar-refractivity contribution in [1.82, 2.24) is 0 Å². The zero-order valence-corrected chi connectivity index (χ0v) is 9.82. The summed E-state index contributed by atoms with van der Waals surface area (Å²) < 4.78 is 18.4. The lowest BCUT2D eigenvalue weighted by molar-refractivity contribution is 0.0922. The van der Waals surface area contributed by atoms with Crippen LogP contribution in [0.15, 0.2) is 24.3 Å². The molecule has 2 rings (SSSR count). The van der Waals surface area contributed by atoms with Gasteiger partial charge in [0.25, 0.3) is 0 Å². The molecule has 92 valence electrons. The fraction of sp³-hybridized carbons (Fsp3) is 0.500. The zero-order valence-electron chi connectivity index (χ0n) is 9.82. The number of ether oxygens (including phenoxy) is 1. The summed E-state index contributed by atoms with van der Waals surface area (Å²) in [6.45, 7) is 0.850. The van der Waals surface area contributed by atoms with E-state index in [2.05, 4.69) is 0 Å². The number of carbonyl (C=O) groups is 1. The van der Waals surface area contributed by atoms with Crippen molar-refractivity contribution in [3.8, 4) is 0 Å². The summed E-state index contributed by atoms with van der Waals surface area (Å²) in [4.78, 5) is 11.8. The molecule has 1 aromatic carbocycles. The molecule has 1 aliphatic heterocycles. The first-order chi connectivity index (χ1) is 8.25. The van der Waals surface area contributed by atoms with Crippen molar-refractivity contribution in [3.05, 3.63) is 35.6 Å². The molecule has 1 aromatic rings. The van der Waals surface area contributed by atoms with Gasteiger partial charge in [-0.1, -0.05) is 12.1 Å². The average Bonchev–Trinajstić information content (AvgIpc) is 2.82. The second-order valence-electron chi connectivity index (χ2n) is 4.46. The van der Waals surface area contributed by atoms with Crippen LogP contribution in [-0.4, -0.2) is 18.5 Å². The third-order valence-corrected chi connectivity index (χ3v) is 3.10. The third kappa shape index (κ3) is 3.63. The SMILES string of the molecule is O=C(CCCC1CCCO1)c1cccc(F)c1. The second kappa shape index (κ2) is 5.92. The van der Waals surface area contributed by atoms with Crippen molar-refractivity contribution in [2.75, 3.05) is 6.61 Å². The highest BCUT2D eigenvalue weighted by Gasteiger charge is 2.15. The van der Waals surface area contributed by atoms with Gasteiger partial charge >= 0.3 is 0 Å². The Bertz CT molecular complexity index is 384. The van der Waals surface area contributed by atoms with Gasteiger partial charge in [0, 0.05) is 18.6 Å². The minimum atomic E-state index is -0.352. The standard InChI is InChI=1S/C14H17FO2/c15-12-5-1-4-11(10-12)14(16)8-2-6-13-7-3-9-17-13/h1,4-5,10,13H,2-3,6-9H2. The Morgan fingerprint density at radius 3 is 3.06 bits per heavy atom. The minimum Gasteiger partial charge on any atom is -0.378 e.